The Balaban J connectivity index is 2.29. The summed E-state index contributed by atoms with van der Waals surface area (Å²) in [5.74, 6) is -1.72. The number of H-pyrrole nitrogens is 1. The first-order chi connectivity index (χ1) is 9.88. The van der Waals surface area contributed by atoms with Crippen molar-refractivity contribution in [2.75, 3.05) is 0 Å². The molecule has 0 atom stereocenters. The number of halogens is 1. The second-order valence-corrected chi connectivity index (χ2v) is 5.04. The lowest BCUT2D eigenvalue weighted by Gasteiger charge is -2.08. The van der Waals surface area contributed by atoms with Gasteiger partial charge in [0.05, 0.1) is 5.56 Å². The van der Waals surface area contributed by atoms with Gasteiger partial charge in [0.2, 0.25) is 0 Å². The molecule has 0 saturated heterocycles. The molecule has 2 N–H and O–H groups in total. The summed E-state index contributed by atoms with van der Waals surface area (Å²) in [5.41, 5.74) is -1.53. The number of hydrogen-bond donors (Lipinski definition) is 2. The van der Waals surface area contributed by atoms with Gasteiger partial charge in [-0.1, -0.05) is 17.8 Å². The van der Waals surface area contributed by atoms with Gasteiger partial charge >= 0.3 is 17.1 Å². The summed E-state index contributed by atoms with van der Waals surface area (Å²) in [6, 6.07) is 3.44. The number of carbonyl (C=O) groups is 1. The molecule has 9 heteroatoms. The molecule has 0 saturated carbocycles. The van der Waals surface area contributed by atoms with Gasteiger partial charge in [0.25, 0.3) is 0 Å². The molecule has 0 aliphatic rings. The fourth-order valence-electron chi connectivity index (χ4n) is 1.61. The Morgan fingerprint density at radius 2 is 2.19 bits per heavy atom. The van der Waals surface area contributed by atoms with Crippen LogP contribution in [0.2, 0.25) is 0 Å². The molecular formula is C12H10FN3O4S. The molecular weight excluding hydrogens is 301 g/mol. The lowest BCUT2D eigenvalue weighted by atomic mass is 10.1. The number of aromatic carboxylic acids is 1. The van der Waals surface area contributed by atoms with Crippen LogP contribution in [0.5, 0.6) is 0 Å². The molecule has 21 heavy (non-hydrogen) atoms. The third-order valence-electron chi connectivity index (χ3n) is 2.61. The quantitative estimate of drug-likeness (QED) is 0.633. The van der Waals surface area contributed by atoms with E-state index >= 15 is 0 Å². The minimum atomic E-state index is -1.24. The van der Waals surface area contributed by atoms with Crippen molar-refractivity contribution in [3.05, 3.63) is 55.9 Å². The van der Waals surface area contributed by atoms with E-state index in [1.807, 2.05) is 0 Å². The van der Waals surface area contributed by atoms with Gasteiger partial charge in [-0.15, -0.1) is 0 Å². The van der Waals surface area contributed by atoms with Crippen molar-refractivity contribution < 1.29 is 14.3 Å². The van der Waals surface area contributed by atoms with E-state index in [0.717, 1.165) is 23.9 Å². The van der Waals surface area contributed by atoms with Crippen LogP contribution in [0, 0.1) is 5.82 Å². The molecule has 1 heterocycles. The molecule has 2 rings (SSSR count). The zero-order valence-corrected chi connectivity index (χ0v) is 11.6. The van der Waals surface area contributed by atoms with Gasteiger partial charge in [0, 0.05) is 12.8 Å². The summed E-state index contributed by atoms with van der Waals surface area (Å²) < 4.78 is 14.3. The highest BCUT2D eigenvalue weighted by Gasteiger charge is 2.13. The van der Waals surface area contributed by atoms with Crippen molar-refractivity contribution >= 4 is 17.7 Å². The molecule has 0 bridgehead atoms. The highest BCUT2D eigenvalue weighted by Crippen LogP contribution is 2.22. The van der Waals surface area contributed by atoms with Gasteiger partial charge in [0.15, 0.2) is 5.16 Å². The predicted molar refractivity (Wildman–Crippen MR) is 73.0 cm³/mol. The number of nitrogens with zero attached hydrogens (tertiary/aromatic N) is 2. The number of nitrogens with one attached hydrogen (secondary N) is 1. The molecule has 0 radical (unpaired) electrons. The number of thioether (sulfide) groups is 1. The van der Waals surface area contributed by atoms with Crippen LogP contribution < -0.4 is 11.1 Å². The average molecular weight is 311 g/mol. The molecule has 0 amide bonds. The van der Waals surface area contributed by atoms with Crippen molar-refractivity contribution in [3.63, 3.8) is 0 Å². The van der Waals surface area contributed by atoms with Crippen LogP contribution in [0.15, 0.2) is 32.9 Å². The first-order valence-corrected chi connectivity index (χ1v) is 6.69. The zero-order chi connectivity index (χ0) is 15.6. The molecule has 1 aromatic heterocycles. The van der Waals surface area contributed by atoms with Gasteiger partial charge in [-0.05, 0) is 17.7 Å². The van der Waals surface area contributed by atoms with Crippen LogP contribution in [0.4, 0.5) is 4.39 Å². The van der Waals surface area contributed by atoms with Crippen LogP contribution >= 0.6 is 11.8 Å². The lowest BCUT2D eigenvalue weighted by Crippen LogP contribution is -2.33. The first-order valence-electron chi connectivity index (χ1n) is 5.70. The number of carboxylic acid groups (broad SMARTS) is 1. The van der Waals surface area contributed by atoms with Gasteiger partial charge in [-0.3, -0.25) is 19.4 Å². The Morgan fingerprint density at radius 3 is 2.86 bits per heavy atom. The van der Waals surface area contributed by atoms with Crippen molar-refractivity contribution in [1.82, 2.24) is 14.8 Å². The largest absolute Gasteiger partial charge is 0.478 e. The molecule has 7 nitrogen and oxygen atoms in total. The van der Waals surface area contributed by atoms with E-state index in [-0.39, 0.29) is 16.5 Å². The van der Waals surface area contributed by atoms with Crippen LogP contribution in [0.25, 0.3) is 0 Å². The van der Waals surface area contributed by atoms with Crippen molar-refractivity contribution in [2.45, 2.75) is 10.9 Å². The standard InChI is InChI=1S/C12H10FN3O4S/c1-16-12(14-9(17)10(18)15-16)21-5-6-2-3-7(13)4-8(6)11(19)20/h2-4H,5H2,1H3,(H,15,18)(H,19,20). The Kier molecular flexibility index (Phi) is 4.22. The molecule has 0 aliphatic heterocycles. The Labute approximate surface area is 121 Å². The average Bonchev–Trinajstić information content (AvgIpc) is 2.42. The number of carboxylic acids is 1. The highest BCUT2D eigenvalue weighted by atomic mass is 32.2. The number of benzene rings is 1. The van der Waals surface area contributed by atoms with E-state index in [1.165, 1.54) is 17.8 Å². The second kappa shape index (κ2) is 5.92. The summed E-state index contributed by atoms with van der Waals surface area (Å²) >= 11 is 1.06. The Morgan fingerprint density at radius 1 is 1.48 bits per heavy atom. The molecule has 1 aromatic carbocycles. The summed E-state index contributed by atoms with van der Waals surface area (Å²) in [5, 5.41) is 11.5. The molecule has 110 valence electrons. The van der Waals surface area contributed by atoms with Crippen LogP contribution in [0.3, 0.4) is 0 Å². The maximum absolute atomic E-state index is 13.1. The van der Waals surface area contributed by atoms with E-state index < -0.39 is 22.9 Å². The normalized spacial score (nSPS) is 10.6. The second-order valence-electron chi connectivity index (χ2n) is 4.09. The number of rotatable bonds is 4. The lowest BCUT2D eigenvalue weighted by molar-refractivity contribution is 0.0695. The zero-order valence-electron chi connectivity index (χ0n) is 10.8. The fourth-order valence-corrected chi connectivity index (χ4v) is 2.53. The SMILES string of the molecule is Cn1[nH]c(=O)c(=O)nc1SCc1ccc(F)cc1C(=O)O. The number of aromatic amines is 1. The van der Waals surface area contributed by atoms with Gasteiger partial charge in [-0.25, -0.2) is 9.18 Å². The maximum atomic E-state index is 13.1. The summed E-state index contributed by atoms with van der Waals surface area (Å²) in [7, 11) is 1.50. The number of aryl methyl sites for hydroxylation is 1. The smallest absolute Gasteiger partial charge is 0.339 e. The summed E-state index contributed by atoms with van der Waals surface area (Å²) in [6.07, 6.45) is 0. The third-order valence-corrected chi connectivity index (χ3v) is 3.69. The first kappa shape index (κ1) is 15.0. The summed E-state index contributed by atoms with van der Waals surface area (Å²) in [4.78, 5) is 36.9. The van der Waals surface area contributed by atoms with E-state index in [2.05, 4.69) is 10.1 Å². The molecule has 2 aromatic rings. The van der Waals surface area contributed by atoms with E-state index in [4.69, 9.17) is 5.11 Å². The van der Waals surface area contributed by atoms with Gasteiger partial charge < -0.3 is 5.11 Å². The molecule has 0 fully saturated rings. The Bertz CT molecular complexity index is 815. The monoisotopic (exact) mass is 311 g/mol. The van der Waals surface area contributed by atoms with Crippen LogP contribution in [-0.2, 0) is 12.8 Å². The highest BCUT2D eigenvalue weighted by molar-refractivity contribution is 7.98. The number of hydrogen-bond acceptors (Lipinski definition) is 5. The van der Waals surface area contributed by atoms with E-state index in [9.17, 15) is 18.8 Å². The predicted octanol–water partition coefficient (Wildman–Crippen LogP) is 0.598. The van der Waals surface area contributed by atoms with Crippen molar-refractivity contribution in [1.29, 1.82) is 0 Å². The van der Waals surface area contributed by atoms with Crippen LogP contribution in [-0.4, -0.2) is 25.8 Å². The molecule has 0 spiro atoms. The van der Waals surface area contributed by atoms with Crippen molar-refractivity contribution in [3.8, 4) is 0 Å². The van der Waals surface area contributed by atoms with Gasteiger partial charge in [-0.2, -0.15) is 4.98 Å². The van der Waals surface area contributed by atoms with Gasteiger partial charge in [0.1, 0.15) is 5.82 Å². The number of aromatic nitrogens is 3. The minimum Gasteiger partial charge on any atom is -0.478 e. The van der Waals surface area contributed by atoms with E-state index in [0.29, 0.717) is 5.56 Å². The maximum Gasteiger partial charge on any atom is 0.339 e. The summed E-state index contributed by atoms with van der Waals surface area (Å²) in [6.45, 7) is 0. The fraction of sp³-hybridized carbons (Fsp3) is 0.167. The minimum absolute atomic E-state index is 0.156. The van der Waals surface area contributed by atoms with Crippen molar-refractivity contribution in [2.24, 2.45) is 7.05 Å². The van der Waals surface area contributed by atoms with Crippen LogP contribution in [0.1, 0.15) is 15.9 Å². The molecule has 0 aliphatic carbocycles. The Hall–Kier alpha value is -2.42. The topological polar surface area (TPSA) is 105 Å². The van der Waals surface area contributed by atoms with E-state index in [1.54, 1.807) is 0 Å². The third kappa shape index (κ3) is 3.37. The molecule has 0 unspecified atom stereocenters.